The largest absolute Gasteiger partial charge is 0.465 e. The van der Waals surface area contributed by atoms with Crippen molar-refractivity contribution in [1.29, 1.82) is 0 Å². The van der Waals surface area contributed by atoms with E-state index in [0.717, 1.165) is 0 Å². The summed E-state index contributed by atoms with van der Waals surface area (Å²) < 4.78 is 17.9. The quantitative estimate of drug-likeness (QED) is 0.867. The summed E-state index contributed by atoms with van der Waals surface area (Å²) in [5, 5.41) is 6.56. The molecule has 0 aliphatic carbocycles. The number of nitrogens with one attached hydrogen (secondary N) is 1. The highest BCUT2D eigenvalue weighted by Gasteiger charge is 2.29. The number of halogens is 1. The third-order valence-corrected chi connectivity index (χ3v) is 3.69. The second-order valence-electron chi connectivity index (χ2n) is 5.40. The number of rotatable bonds is 4. The van der Waals surface area contributed by atoms with Crippen molar-refractivity contribution >= 4 is 23.3 Å². The maximum absolute atomic E-state index is 13.3. The van der Waals surface area contributed by atoms with Gasteiger partial charge in [0.05, 0.1) is 18.4 Å². The molecule has 6 nitrogen and oxygen atoms in total. The third-order valence-electron chi connectivity index (χ3n) is 3.69. The molecule has 1 heterocycles. The van der Waals surface area contributed by atoms with Gasteiger partial charge in [0.2, 0.25) is 6.10 Å². The van der Waals surface area contributed by atoms with Crippen LogP contribution in [0.4, 0.5) is 10.1 Å². The van der Waals surface area contributed by atoms with Gasteiger partial charge in [-0.15, -0.1) is 0 Å². The van der Waals surface area contributed by atoms with E-state index in [0.29, 0.717) is 22.5 Å². The van der Waals surface area contributed by atoms with Gasteiger partial charge in [-0.3, -0.25) is 4.79 Å². The SMILES string of the molecule is COC(=O)c1ccc(NC(=O)C2CC(c3cccc(F)c3)=NO2)cc1. The molecule has 7 heteroatoms. The van der Waals surface area contributed by atoms with E-state index in [2.05, 4.69) is 15.2 Å². The van der Waals surface area contributed by atoms with Crippen LogP contribution in [-0.4, -0.2) is 30.8 Å². The number of hydrogen-bond acceptors (Lipinski definition) is 5. The Kier molecular flexibility index (Phi) is 4.74. The Morgan fingerprint density at radius 2 is 2.00 bits per heavy atom. The van der Waals surface area contributed by atoms with E-state index < -0.39 is 12.1 Å². The van der Waals surface area contributed by atoms with E-state index in [4.69, 9.17) is 4.84 Å². The molecule has 1 aliphatic heterocycles. The number of carbonyl (C=O) groups is 2. The van der Waals surface area contributed by atoms with E-state index in [9.17, 15) is 14.0 Å². The number of oxime groups is 1. The number of anilines is 1. The molecule has 0 saturated heterocycles. The molecule has 0 bridgehead atoms. The van der Waals surface area contributed by atoms with Crippen LogP contribution in [0.1, 0.15) is 22.3 Å². The van der Waals surface area contributed by atoms with Gasteiger partial charge in [0.25, 0.3) is 5.91 Å². The lowest BCUT2D eigenvalue weighted by Crippen LogP contribution is -2.28. The van der Waals surface area contributed by atoms with Crippen molar-refractivity contribution in [3.8, 4) is 0 Å². The minimum Gasteiger partial charge on any atom is -0.465 e. The predicted molar refractivity (Wildman–Crippen MR) is 88.8 cm³/mol. The summed E-state index contributed by atoms with van der Waals surface area (Å²) in [6.45, 7) is 0. The molecule has 0 fully saturated rings. The summed E-state index contributed by atoms with van der Waals surface area (Å²) in [4.78, 5) is 28.8. The Labute approximate surface area is 143 Å². The Balaban J connectivity index is 1.61. The monoisotopic (exact) mass is 342 g/mol. The van der Waals surface area contributed by atoms with Gasteiger partial charge in [0.15, 0.2) is 0 Å². The normalized spacial score (nSPS) is 15.9. The standard InChI is InChI=1S/C18H15FN2O4/c1-24-18(23)11-5-7-14(8-6-11)20-17(22)16-10-15(21-25-16)12-3-2-4-13(19)9-12/h2-9,16H,10H2,1H3,(H,20,22). The van der Waals surface area contributed by atoms with E-state index >= 15 is 0 Å². The van der Waals surface area contributed by atoms with Crippen LogP contribution >= 0.6 is 0 Å². The Morgan fingerprint density at radius 3 is 2.68 bits per heavy atom. The number of hydrogen-bond donors (Lipinski definition) is 1. The average Bonchev–Trinajstić information content (AvgIpc) is 3.12. The molecule has 0 radical (unpaired) electrons. The highest BCUT2D eigenvalue weighted by Crippen LogP contribution is 2.19. The van der Waals surface area contributed by atoms with Crippen molar-refractivity contribution in [2.45, 2.75) is 12.5 Å². The summed E-state index contributed by atoms with van der Waals surface area (Å²) in [5.74, 6) is -1.20. The van der Waals surface area contributed by atoms with E-state index in [1.807, 2.05) is 0 Å². The number of carbonyl (C=O) groups excluding carboxylic acids is 2. The van der Waals surface area contributed by atoms with Crippen molar-refractivity contribution < 1.29 is 23.6 Å². The first-order chi connectivity index (χ1) is 12.1. The Hall–Kier alpha value is -3.22. The molecule has 1 atom stereocenters. The van der Waals surface area contributed by atoms with Crippen LogP contribution in [-0.2, 0) is 14.4 Å². The zero-order chi connectivity index (χ0) is 17.8. The van der Waals surface area contributed by atoms with Gasteiger partial charge in [-0.25, -0.2) is 9.18 Å². The van der Waals surface area contributed by atoms with Gasteiger partial charge >= 0.3 is 5.97 Å². The smallest absolute Gasteiger partial charge is 0.337 e. The van der Waals surface area contributed by atoms with Crippen LogP contribution in [0.2, 0.25) is 0 Å². The lowest BCUT2D eigenvalue weighted by Gasteiger charge is -2.10. The summed E-state index contributed by atoms with van der Waals surface area (Å²) >= 11 is 0. The Bertz CT molecular complexity index is 833. The van der Waals surface area contributed by atoms with Gasteiger partial charge in [0, 0.05) is 17.7 Å². The van der Waals surface area contributed by atoms with Gasteiger partial charge in [-0.1, -0.05) is 17.3 Å². The average molecular weight is 342 g/mol. The molecular weight excluding hydrogens is 327 g/mol. The van der Waals surface area contributed by atoms with E-state index in [1.165, 1.54) is 19.2 Å². The number of benzene rings is 2. The predicted octanol–water partition coefficient (Wildman–Crippen LogP) is 2.74. The van der Waals surface area contributed by atoms with Crippen LogP contribution in [0.3, 0.4) is 0 Å². The van der Waals surface area contributed by atoms with Crippen molar-refractivity contribution in [3.63, 3.8) is 0 Å². The number of nitrogens with zero attached hydrogens (tertiary/aromatic N) is 1. The summed E-state index contributed by atoms with van der Waals surface area (Å²) in [5.41, 5.74) is 1.99. The molecule has 1 N–H and O–H groups in total. The molecule has 1 aliphatic rings. The van der Waals surface area contributed by atoms with Crippen LogP contribution in [0, 0.1) is 5.82 Å². The van der Waals surface area contributed by atoms with Gasteiger partial charge in [-0.2, -0.15) is 0 Å². The van der Waals surface area contributed by atoms with Gasteiger partial charge in [-0.05, 0) is 36.4 Å². The van der Waals surface area contributed by atoms with Crippen LogP contribution in [0.25, 0.3) is 0 Å². The molecule has 0 aromatic heterocycles. The topological polar surface area (TPSA) is 77.0 Å². The summed E-state index contributed by atoms with van der Waals surface area (Å²) in [7, 11) is 1.30. The molecule has 1 amide bonds. The molecule has 25 heavy (non-hydrogen) atoms. The van der Waals surface area contributed by atoms with Crippen LogP contribution in [0.5, 0.6) is 0 Å². The fraction of sp³-hybridized carbons (Fsp3) is 0.167. The highest BCUT2D eigenvalue weighted by atomic mass is 19.1. The number of esters is 1. The molecule has 128 valence electrons. The van der Waals surface area contributed by atoms with E-state index in [1.54, 1.807) is 36.4 Å². The number of methoxy groups -OCH3 is 1. The molecular formula is C18H15FN2O4. The first-order valence-electron chi connectivity index (χ1n) is 7.54. The highest BCUT2D eigenvalue weighted by molar-refractivity contribution is 6.06. The second kappa shape index (κ2) is 7.12. The first kappa shape index (κ1) is 16.6. The molecule has 2 aromatic rings. The van der Waals surface area contributed by atoms with E-state index in [-0.39, 0.29) is 18.1 Å². The summed E-state index contributed by atoms with van der Waals surface area (Å²) in [6.07, 6.45) is -0.547. The zero-order valence-electron chi connectivity index (χ0n) is 13.4. The molecule has 0 spiro atoms. The Morgan fingerprint density at radius 1 is 1.24 bits per heavy atom. The summed E-state index contributed by atoms with van der Waals surface area (Å²) in [6, 6.07) is 12.2. The van der Waals surface area contributed by atoms with Crippen molar-refractivity contribution in [2.75, 3.05) is 12.4 Å². The third kappa shape index (κ3) is 3.82. The maximum atomic E-state index is 13.3. The lowest BCUT2D eigenvalue weighted by molar-refractivity contribution is -0.125. The van der Waals surface area contributed by atoms with Crippen molar-refractivity contribution in [1.82, 2.24) is 0 Å². The fourth-order valence-corrected chi connectivity index (χ4v) is 2.39. The molecule has 1 unspecified atom stereocenters. The zero-order valence-corrected chi connectivity index (χ0v) is 13.4. The lowest BCUT2D eigenvalue weighted by atomic mass is 10.0. The van der Waals surface area contributed by atoms with Crippen molar-refractivity contribution in [2.24, 2.45) is 5.16 Å². The minimum absolute atomic E-state index is 0.246. The van der Waals surface area contributed by atoms with Crippen LogP contribution in [0.15, 0.2) is 53.7 Å². The number of amides is 1. The fourth-order valence-electron chi connectivity index (χ4n) is 2.39. The second-order valence-corrected chi connectivity index (χ2v) is 5.40. The molecule has 2 aromatic carbocycles. The molecule has 3 rings (SSSR count). The van der Waals surface area contributed by atoms with Gasteiger partial charge < -0.3 is 14.9 Å². The maximum Gasteiger partial charge on any atom is 0.337 e. The molecule has 0 saturated carbocycles. The van der Waals surface area contributed by atoms with Gasteiger partial charge in [0.1, 0.15) is 5.82 Å². The van der Waals surface area contributed by atoms with Crippen molar-refractivity contribution in [3.05, 3.63) is 65.5 Å². The number of ether oxygens (including phenoxy) is 1. The minimum atomic E-state index is -0.793. The first-order valence-corrected chi connectivity index (χ1v) is 7.54. The van der Waals surface area contributed by atoms with Crippen LogP contribution < -0.4 is 5.32 Å².